The number of sulfonamides is 1. The average molecular weight is 333 g/mol. The van der Waals surface area contributed by atoms with E-state index in [4.69, 9.17) is 10.2 Å². The van der Waals surface area contributed by atoms with Crippen LogP contribution in [0.2, 0.25) is 0 Å². The highest BCUT2D eigenvalue weighted by atomic mass is 32.2. The van der Waals surface area contributed by atoms with Crippen molar-refractivity contribution in [1.82, 2.24) is 4.72 Å². The maximum Gasteiger partial charge on any atom is 0.211 e. The van der Waals surface area contributed by atoms with Gasteiger partial charge in [-0.25, -0.2) is 13.1 Å². The molecule has 0 unspecified atom stereocenters. The number of hydrogen-bond donors (Lipinski definition) is 3. The van der Waals surface area contributed by atoms with E-state index in [1.54, 1.807) is 0 Å². The Hall–Kier alpha value is -0.170. The molecule has 0 amide bonds. The minimum Gasteiger partial charge on any atom is -0.396 e. The Balaban J connectivity index is 1.68. The van der Waals surface area contributed by atoms with E-state index in [1.807, 2.05) is 0 Å². The summed E-state index contributed by atoms with van der Waals surface area (Å²) in [7, 11) is -3.19. The van der Waals surface area contributed by atoms with Gasteiger partial charge >= 0.3 is 0 Å². The van der Waals surface area contributed by atoms with Crippen LogP contribution >= 0.6 is 0 Å². The SMILES string of the molecule is O=S(=O)(CC[C@H]1CC[C@H](CO)CC1)N[C@H]1CC[C@H](CO)CC1. The van der Waals surface area contributed by atoms with Crippen molar-refractivity contribution in [2.24, 2.45) is 17.8 Å². The molecule has 0 aromatic carbocycles. The Morgan fingerprint density at radius 3 is 1.73 bits per heavy atom. The first-order valence-electron chi connectivity index (χ1n) is 8.74. The van der Waals surface area contributed by atoms with E-state index < -0.39 is 10.0 Å². The largest absolute Gasteiger partial charge is 0.396 e. The van der Waals surface area contributed by atoms with Crippen LogP contribution in [0.4, 0.5) is 0 Å². The second-order valence-corrected chi connectivity index (χ2v) is 9.07. The van der Waals surface area contributed by atoms with Crippen molar-refractivity contribution < 1.29 is 18.6 Å². The first-order valence-corrected chi connectivity index (χ1v) is 10.4. The van der Waals surface area contributed by atoms with Crippen molar-refractivity contribution in [2.75, 3.05) is 19.0 Å². The molecule has 2 saturated carbocycles. The predicted octanol–water partition coefficient (Wildman–Crippen LogP) is 1.65. The van der Waals surface area contributed by atoms with Crippen LogP contribution in [0.25, 0.3) is 0 Å². The molecule has 22 heavy (non-hydrogen) atoms. The molecular formula is C16H31NO4S. The summed E-state index contributed by atoms with van der Waals surface area (Å²) in [4.78, 5) is 0. The highest BCUT2D eigenvalue weighted by molar-refractivity contribution is 7.89. The van der Waals surface area contributed by atoms with E-state index in [0.29, 0.717) is 17.8 Å². The summed E-state index contributed by atoms with van der Waals surface area (Å²) in [6.07, 6.45) is 8.38. The molecule has 0 bridgehead atoms. The highest BCUT2D eigenvalue weighted by Crippen LogP contribution is 2.31. The molecule has 2 aliphatic carbocycles. The summed E-state index contributed by atoms with van der Waals surface area (Å²) >= 11 is 0. The third kappa shape index (κ3) is 5.80. The Kier molecular flexibility index (Phi) is 7.12. The van der Waals surface area contributed by atoms with Gasteiger partial charge in [0, 0.05) is 19.3 Å². The Morgan fingerprint density at radius 2 is 1.23 bits per heavy atom. The number of aliphatic hydroxyl groups is 2. The molecule has 0 radical (unpaired) electrons. The minimum absolute atomic E-state index is 0.0536. The Labute approximate surface area is 134 Å². The van der Waals surface area contributed by atoms with Crippen LogP contribution in [-0.4, -0.2) is 43.6 Å². The summed E-state index contributed by atoms with van der Waals surface area (Å²) in [5.74, 6) is 1.49. The molecule has 130 valence electrons. The molecule has 0 saturated heterocycles. The van der Waals surface area contributed by atoms with Gasteiger partial charge < -0.3 is 10.2 Å². The zero-order valence-corrected chi connectivity index (χ0v) is 14.2. The molecule has 2 fully saturated rings. The summed E-state index contributed by atoms with van der Waals surface area (Å²) in [5, 5.41) is 18.3. The van der Waals surface area contributed by atoms with E-state index in [-0.39, 0.29) is 25.0 Å². The zero-order chi connectivity index (χ0) is 16.0. The number of hydrogen-bond acceptors (Lipinski definition) is 4. The summed E-state index contributed by atoms with van der Waals surface area (Å²) in [6.45, 7) is 0.485. The summed E-state index contributed by atoms with van der Waals surface area (Å²) < 4.78 is 27.3. The normalized spacial score (nSPS) is 33.7. The van der Waals surface area contributed by atoms with Gasteiger partial charge in [0.25, 0.3) is 0 Å². The quantitative estimate of drug-likeness (QED) is 0.661. The van der Waals surface area contributed by atoms with Crippen LogP contribution in [0.1, 0.15) is 57.8 Å². The molecule has 3 N–H and O–H groups in total. The molecule has 2 rings (SSSR count). The lowest BCUT2D eigenvalue weighted by molar-refractivity contribution is 0.166. The van der Waals surface area contributed by atoms with Gasteiger partial charge in [-0.15, -0.1) is 0 Å². The van der Waals surface area contributed by atoms with Gasteiger partial charge in [-0.1, -0.05) is 12.8 Å². The summed E-state index contributed by atoms with van der Waals surface area (Å²) in [5.41, 5.74) is 0. The fourth-order valence-corrected chi connectivity index (χ4v) is 5.31. The van der Waals surface area contributed by atoms with Crippen LogP contribution in [0.3, 0.4) is 0 Å². The molecular weight excluding hydrogens is 302 g/mol. The number of nitrogens with one attached hydrogen (secondary N) is 1. The lowest BCUT2D eigenvalue weighted by atomic mass is 9.81. The fourth-order valence-electron chi connectivity index (χ4n) is 3.80. The van der Waals surface area contributed by atoms with Gasteiger partial charge in [0.2, 0.25) is 10.0 Å². The standard InChI is InChI=1S/C16H31NO4S/c18-11-14-3-1-13(2-4-14)9-10-22(20,21)17-16-7-5-15(12-19)6-8-16/h13-19H,1-12H2/t13-,14-,15-,16-. The van der Waals surface area contributed by atoms with Crippen molar-refractivity contribution in [3.05, 3.63) is 0 Å². The molecule has 0 aromatic rings. The van der Waals surface area contributed by atoms with Crippen molar-refractivity contribution in [2.45, 2.75) is 63.8 Å². The highest BCUT2D eigenvalue weighted by Gasteiger charge is 2.26. The number of rotatable bonds is 7. The third-order valence-corrected chi connectivity index (χ3v) is 6.94. The Bertz CT molecular complexity index is 410. The van der Waals surface area contributed by atoms with E-state index in [2.05, 4.69) is 4.72 Å². The Morgan fingerprint density at radius 1 is 0.773 bits per heavy atom. The second kappa shape index (κ2) is 8.62. The molecule has 5 nitrogen and oxygen atoms in total. The minimum atomic E-state index is -3.19. The van der Waals surface area contributed by atoms with Crippen molar-refractivity contribution in [3.8, 4) is 0 Å². The first-order chi connectivity index (χ1) is 10.5. The van der Waals surface area contributed by atoms with Crippen molar-refractivity contribution >= 4 is 10.0 Å². The first kappa shape index (κ1) is 18.2. The maximum atomic E-state index is 12.2. The van der Waals surface area contributed by atoms with Gasteiger partial charge in [-0.3, -0.25) is 0 Å². The summed E-state index contributed by atoms with van der Waals surface area (Å²) in [6, 6.07) is 0.0536. The lowest BCUT2D eigenvalue weighted by Crippen LogP contribution is -2.39. The molecule has 6 heteroatoms. The monoisotopic (exact) mass is 333 g/mol. The van der Waals surface area contributed by atoms with Gasteiger partial charge in [0.1, 0.15) is 0 Å². The average Bonchev–Trinajstić information content (AvgIpc) is 2.54. The molecule has 0 heterocycles. The second-order valence-electron chi connectivity index (χ2n) is 7.19. The van der Waals surface area contributed by atoms with E-state index in [9.17, 15) is 8.42 Å². The third-order valence-electron chi connectivity index (χ3n) is 5.47. The van der Waals surface area contributed by atoms with Gasteiger partial charge in [-0.2, -0.15) is 0 Å². The molecule has 0 aromatic heterocycles. The number of aliphatic hydroxyl groups excluding tert-OH is 2. The van der Waals surface area contributed by atoms with Gasteiger partial charge in [0.05, 0.1) is 5.75 Å². The van der Waals surface area contributed by atoms with E-state index in [1.165, 1.54) is 0 Å². The predicted molar refractivity (Wildman–Crippen MR) is 86.9 cm³/mol. The zero-order valence-electron chi connectivity index (χ0n) is 13.4. The van der Waals surface area contributed by atoms with Crippen molar-refractivity contribution in [1.29, 1.82) is 0 Å². The molecule has 0 spiro atoms. The van der Waals surface area contributed by atoms with Crippen LogP contribution in [0, 0.1) is 17.8 Å². The van der Waals surface area contributed by atoms with Crippen molar-refractivity contribution in [3.63, 3.8) is 0 Å². The molecule has 2 aliphatic rings. The maximum absolute atomic E-state index is 12.2. The van der Waals surface area contributed by atoms with Gasteiger partial charge in [0.15, 0.2) is 0 Å². The van der Waals surface area contributed by atoms with E-state index in [0.717, 1.165) is 57.8 Å². The van der Waals surface area contributed by atoms with Crippen LogP contribution in [0.15, 0.2) is 0 Å². The smallest absolute Gasteiger partial charge is 0.211 e. The fraction of sp³-hybridized carbons (Fsp3) is 1.00. The topological polar surface area (TPSA) is 86.6 Å². The van der Waals surface area contributed by atoms with Crippen LogP contribution in [0.5, 0.6) is 0 Å². The van der Waals surface area contributed by atoms with Crippen LogP contribution < -0.4 is 4.72 Å². The lowest BCUT2D eigenvalue weighted by Gasteiger charge is -2.29. The molecule has 0 aliphatic heterocycles. The van der Waals surface area contributed by atoms with E-state index >= 15 is 0 Å². The molecule has 0 atom stereocenters. The van der Waals surface area contributed by atoms with Crippen LogP contribution in [-0.2, 0) is 10.0 Å². The van der Waals surface area contributed by atoms with Gasteiger partial charge in [-0.05, 0) is 62.7 Å².